The second-order valence-corrected chi connectivity index (χ2v) is 5.62. The Bertz CT molecular complexity index is 414. The van der Waals surface area contributed by atoms with Crippen LogP contribution in [0.4, 0.5) is 0 Å². The minimum absolute atomic E-state index is 0.0977. The molecule has 94 valence electrons. The number of nitrogens with two attached hydrogens (primary N) is 2. The highest BCUT2D eigenvalue weighted by atomic mass is 14.8. The van der Waals surface area contributed by atoms with Gasteiger partial charge in [0.1, 0.15) is 0 Å². The summed E-state index contributed by atoms with van der Waals surface area (Å²) in [4.78, 5) is 0. The second-order valence-electron chi connectivity index (χ2n) is 5.62. The van der Waals surface area contributed by atoms with Gasteiger partial charge in [0.05, 0.1) is 0 Å². The normalized spacial score (nSPS) is 19.8. The Morgan fingerprint density at radius 1 is 1.18 bits per heavy atom. The van der Waals surface area contributed by atoms with E-state index in [1.807, 2.05) is 0 Å². The first-order valence-electron chi connectivity index (χ1n) is 6.54. The van der Waals surface area contributed by atoms with Crippen LogP contribution in [-0.2, 0) is 0 Å². The van der Waals surface area contributed by atoms with Crippen LogP contribution in [0.3, 0.4) is 0 Å². The van der Waals surface area contributed by atoms with Crippen LogP contribution < -0.4 is 11.5 Å². The first-order valence-corrected chi connectivity index (χ1v) is 6.54. The van der Waals surface area contributed by atoms with E-state index >= 15 is 0 Å². The van der Waals surface area contributed by atoms with E-state index in [9.17, 15) is 0 Å². The molecule has 2 nitrogen and oxygen atoms in total. The smallest absolute Gasteiger partial charge is 0.0367 e. The molecule has 1 unspecified atom stereocenters. The molecule has 0 amide bonds. The number of aryl methyl sites for hydroxylation is 1. The fourth-order valence-corrected chi connectivity index (χ4v) is 2.92. The van der Waals surface area contributed by atoms with Crippen molar-refractivity contribution in [3.63, 3.8) is 0 Å². The fourth-order valence-electron chi connectivity index (χ4n) is 2.92. The lowest BCUT2D eigenvalue weighted by molar-refractivity contribution is 0.104. The highest BCUT2D eigenvalue weighted by Gasteiger charge is 2.42. The predicted octanol–water partition coefficient (Wildman–Crippen LogP) is 2.74. The molecule has 0 heterocycles. The third kappa shape index (κ3) is 1.90. The van der Waals surface area contributed by atoms with Gasteiger partial charge in [-0.3, -0.25) is 0 Å². The van der Waals surface area contributed by atoms with E-state index in [1.165, 1.54) is 41.5 Å². The number of rotatable bonds is 3. The average Bonchev–Trinajstić information content (AvgIpc) is 2.25. The zero-order valence-corrected chi connectivity index (χ0v) is 11.2. The number of hydrogen-bond acceptors (Lipinski definition) is 2. The average molecular weight is 232 g/mol. The van der Waals surface area contributed by atoms with Crippen LogP contribution in [0.25, 0.3) is 0 Å². The zero-order chi connectivity index (χ0) is 12.6. The van der Waals surface area contributed by atoms with Gasteiger partial charge < -0.3 is 11.5 Å². The van der Waals surface area contributed by atoms with Crippen LogP contribution in [0.1, 0.15) is 47.6 Å². The van der Waals surface area contributed by atoms with E-state index in [2.05, 4.69) is 32.9 Å². The fraction of sp³-hybridized carbons (Fsp3) is 0.600. The zero-order valence-electron chi connectivity index (χ0n) is 11.2. The molecule has 4 N–H and O–H groups in total. The first kappa shape index (κ1) is 12.6. The van der Waals surface area contributed by atoms with Crippen molar-refractivity contribution in [3.05, 3.63) is 34.4 Å². The molecular formula is C15H24N2. The van der Waals surface area contributed by atoms with Crippen LogP contribution in [0.5, 0.6) is 0 Å². The lowest BCUT2D eigenvalue weighted by Crippen LogP contribution is -2.46. The maximum absolute atomic E-state index is 6.49. The van der Waals surface area contributed by atoms with Gasteiger partial charge >= 0.3 is 0 Å². The van der Waals surface area contributed by atoms with Gasteiger partial charge in [-0.2, -0.15) is 0 Å². The van der Waals surface area contributed by atoms with E-state index in [0.29, 0.717) is 6.54 Å². The minimum Gasteiger partial charge on any atom is -0.330 e. The minimum atomic E-state index is 0.0977. The lowest BCUT2D eigenvalue weighted by atomic mass is 9.62. The van der Waals surface area contributed by atoms with E-state index in [4.69, 9.17) is 11.5 Å². The van der Waals surface area contributed by atoms with Crippen molar-refractivity contribution in [2.75, 3.05) is 6.54 Å². The van der Waals surface area contributed by atoms with E-state index in [1.54, 1.807) is 0 Å². The summed E-state index contributed by atoms with van der Waals surface area (Å²) in [5.74, 6) is 0. The van der Waals surface area contributed by atoms with Crippen molar-refractivity contribution in [1.29, 1.82) is 0 Å². The first-order chi connectivity index (χ1) is 8.02. The van der Waals surface area contributed by atoms with Crippen LogP contribution in [0, 0.1) is 26.2 Å². The molecule has 1 aromatic carbocycles. The summed E-state index contributed by atoms with van der Waals surface area (Å²) >= 11 is 0. The van der Waals surface area contributed by atoms with E-state index < -0.39 is 0 Å². The number of hydrogen-bond donors (Lipinski definition) is 2. The molecule has 0 aliphatic heterocycles. The maximum atomic E-state index is 6.49. The molecule has 1 aliphatic rings. The topological polar surface area (TPSA) is 52.0 Å². The van der Waals surface area contributed by atoms with Crippen LogP contribution in [0.15, 0.2) is 12.1 Å². The summed E-state index contributed by atoms with van der Waals surface area (Å²) in [5.41, 5.74) is 17.9. The van der Waals surface area contributed by atoms with Crippen molar-refractivity contribution >= 4 is 0 Å². The van der Waals surface area contributed by atoms with Crippen molar-refractivity contribution < 1.29 is 0 Å². The summed E-state index contributed by atoms with van der Waals surface area (Å²) in [6.45, 7) is 7.22. The molecule has 1 atom stereocenters. The summed E-state index contributed by atoms with van der Waals surface area (Å²) in [5, 5.41) is 0. The largest absolute Gasteiger partial charge is 0.330 e. The van der Waals surface area contributed by atoms with Crippen molar-refractivity contribution in [3.8, 4) is 0 Å². The summed E-state index contributed by atoms with van der Waals surface area (Å²) in [7, 11) is 0. The van der Waals surface area contributed by atoms with Gasteiger partial charge in [0, 0.05) is 11.5 Å². The molecule has 0 aromatic heterocycles. The highest BCUT2D eigenvalue weighted by Crippen LogP contribution is 2.49. The van der Waals surface area contributed by atoms with Gasteiger partial charge in [-0.25, -0.2) is 0 Å². The van der Waals surface area contributed by atoms with Crippen molar-refractivity contribution in [2.45, 2.75) is 46.1 Å². The molecule has 2 heteroatoms. The molecule has 17 heavy (non-hydrogen) atoms. The molecule has 1 aromatic rings. The molecule has 1 saturated carbocycles. The van der Waals surface area contributed by atoms with Crippen LogP contribution >= 0.6 is 0 Å². The van der Waals surface area contributed by atoms with Gasteiger partial charge in [-0.05, 0) is 62.4 Å². The predicted molar refractivity (Wildman–Crippen MR) is 72.9 cm³/mol. The molecule has 2 rings (SSSR count). The third-order valence-electron chi connectivity index (χ3n) is 4.85. The Labute approximate surface area is 104 Å². The lowest BCUT2D eigenvalue weighted by Gasteiger charge is -2.46. The summed E-state index contributed by atoms with van der Waals surface area (Å²) in [6, 6.07) is 4.47. The highest BCUT2D eigenvalue weighted by molar-refractivity contribution is 5.41. The van der Waals surface area contributed by atoms with E-state index in [0.717, 1.165) is 0 Å². The van der Waals surface area contributed by atoms with Crippen molar-refractivity contribution in [2.24, 2.45) is 16.9 Å². The Hall–Kier alpha value is -0.860. The quantitative estimate of drug-likeness (QED) is 0.842. The molecule has 1 fully saturated rings. The van der Waals surface area contributed by atoms with Crippen LogP contribution in [0.2, 0.25) is 0 Å². The molecule has 0 spiro atoms. The molecule has 0 saturated heterocycles. The van der Waals surface area contributed by atoms with Gasteiger partial charge in [-0.15, -0.1) is 0 Å². The van der Waals surface area contributed by atoms with Gasteiger partial charge in [-0.1, -0.05) is 18.6 Å². The Balaban J connectivity index is 2.37. The second kappa shape index (κ2) is 4.43. The molecule has 0 radical (unpaired) electrons. The number of benzene rings is 1. The molecule has 1 aliphatic carbocycles. The molecule has 0 bridgehead atoms. The van der Waals surface area contributed by atoms with Crippen molar-refractivity contribution in [1.82, 2.24) is 0 Å². The summed E-state index contributed by atoms with van der Waals surface area (Å²) < 4.78 is 0. The SMILES string of the molecule is Cc1ccc(C(N)C2(CN)CCC2)c(C)c1C. The molecular weight excluding hydrogens is 208 g/mol. The summed E-state index contributed by atoms with van der Waals surface area (Å²) in [6.07, 6.45) is 3.63. The Morgan fingerprint density at radius 2 is 1.82 bits per heavy atom. The third-order valence-corrected chi connectivity index (χ3v) is 4.85. The van der Waals surface area contributed by atoms with Gasteiger partial charge in [0.25, 0.3) is 0 Å². The standard InChI is InChI=1S/C15H24N2/c1-10-5-6-13(12(3)11(10)2)14(17)15(9-16)7-4-8-15/h5-6,14H,4,7-9,16-17H2,1-3H3. The Morgan fingerprint density at radius 3 is 2.29 bits per heavy atom. The van der Waals surface area contributed by atoms with Crippen LogP contribution in [-0.4, -0.2) is 6.54 Å². The van der Waals surface area contributed by atoms with Gasteiger partial charge in [0.2, 0.25) is 0 Å². The maximum Gasteiger partial charge on any atom is 0.0367 e. The monoisotopic (exact) mass is 232 g/mol. The van der Waals surface area contributed by atoms with Gasteiger partial charge in [0.15, 0.2) is 0 Å². The Kier molecular flexibility index (Phi) is 3.28. The van der Waals surface area contributed by atoms with E-state index in [-0.39, 0.29) is 11.5 Å².